The van der Waals surface area contributed by atoms with Crippen LogP contribution in [0.15, 0.2) is 24.3 Å². The fraction of sp³-hybridized carbons (Fsp3) is 0.650. The van der Waals surface area contributed by atoms with Crippen molar-refractivity contribution in [3.8, 4) is 0 Å². The molecule has 3 rings (SSSR count). The number of benzene rings is 1. The summed E-state index contributed by atoms with van der Waals surface area (Å²) >= 11 is 0. The molecule has 7 heteroatoms. The van der Waals surface area contributed by atoms with Crippen molar-refractivity contribution < 1.29 is 4.79 Å². The second kappa shape index (κ2) is 11.2. The molecule has 0 spiro atoms. The predicted molar refractivity (Wildman–Crippen MR) is 116 cm³/mol. The largest absolute Gasteiger partial charge is 0.334 e. The van der Waals surface area contributed by atoms with E-state index in [-0.39, 0.29) is 42.8 Å². The molecule has 2 N–H and O–H groups in total. The number of carbonyl (C=O) groups is 1. The van der Waals surface area contributed by atoms with Gasteiger partial charge in [-0.05, 0) is 50.9 Å². The summed E-state index contributed by atoms with van der Waals surface area (Å²) in [4.78, 5) is 19.7. The van der Waals surface area contributed by atoms with Crippen LogP contribution in [0.25, 0.3) is 0 Å². The van der Waals surface area contributed by atoms with Crippen molar-refractivity contribution in [2.75, 3.05) is 39.8 Å². The van der Waals surface area contributed by atoms with E-state index < -0.39 is 0 Å². The van der Waals surface area contributed by atoms with Crippen molar-refractivity contribution in [2.45, 2.75) is 44.8 Å². The molecule has 154 valence electrons. The lowest BCUT2D eigenvalue weighted by atomic mass is 9.96. The predicted octanol–water partition coefficient (Wildman–Crippen LogP) is 2.62. The molecule has 2 heterocycles. The highest BCUT2D eigenvalue weighted by atomic mass is 35.5. The van der Waals surface area contributed by atoms with Crippen LogP contribution in [0.3, 0.4) is 0 Å². The molecule has 2 saturated heterocycles. The molecule has 5 nitrogen and oxygen atoms in total. The van der Waals surface area contributed by atoms with Crippen LogP contribution in [0.1, 0.15) is 42.1 Å². The van der Waals surface area contributed by atoms with E-state index in [2.05, 4.69) is 29.0 Å². The number of nitrogens with zero attached hydrogens (tertiary/aromatic N) is 3. The minimum atomic E-state index is 0. The van der Waals surface area contributed by atoms with E-state index >= 15 is 0 Å². The quantitative estimate of drug-likeness (QED) is 0.819. The van der Waals surface area contributed by atoms with Gasteiger partial charge in [-0.1, -0.05) is 12.1 Å². The Morgan fingerprint density at radius 3 is 2.30 bits per heavy atom. The average Bonchev–Trinajstić information content (AvgIpc) is 2.63. The summed E-state index contributed by atoms with van der Waals surface area (Å²) in [6.45, 7) is 8.29. The molecule has 2 fully saturated rings. The highest BCUT2D eigenvalue weighted by Gasteiger charge is 2.29. The highest BCUT2D eigenvalue weighted by molar-refractivity contribution is 5.94. The number of piperazine rings is 1. The Labute approximate surface area is 176 Å². The molecule has 0 bridgehead atoms. The zero-order chi connectivity index (χ0) is 17.8. The minimum absolute atomic E-state index is 0. The lowest BCUT2D eigenvalue weighted by Crippen LogP contribution is -2.51. The lowest BCUT2D eigenvalue weighted by molar-refractivity contribution is 0.0584. The summed E-state index contributed by atoms with van der Waals surface area (Å²) in [6.07, 6.45) is 3.27. The number of likely N-dealkylation sites (tertiary alicyclic amines) is 1. The van der Waals surface area contributed by atoms with E-state index in [9.17, 15) is 4.79 Å². The summed E-state index contributed by atoms with van der Waals surface area (Å²) < 4.78 is 0. The first kappa shape index (κ1) is 24.2. The van der Waals surface area contributed by atoms with Gasteiger partial charge in [0.25, 0.3) is 5.91 Å². The van der Waals surface area contributed by atoms with Crippen molar-refractivity contribution >= 4 is 30.7 Å². The van der Waals surface area contributed by atoms with Crippen molar-refractivity contribution in [2.24, 2.45) is 5.73 Å². The van der Waals surface area contributed by atoms with Crippen LogP contribution in [0.4, 0.5) is 0 Å². The number of likely N-dealkylation sites (N-methyl/N-ethyl adjacent to an activating group) is 1. The van der Waals surface area contributed by atoms with Crippen LogP contribution >= 0.6 is 24.8 Å². The van der Waals surface area contributed by atoms with Gasteiger partial charge in [0.05, 0.1) is 0 Å². The second-order valence-corrected chi connectivity index (χ2v) is 7.70. The van der Waals surface area contributed by atoms with E-state index in [0.29, 0.717) is 0 Å². The molecule has 2 atom stereocenters. The van der Waals surface area contributed by atoms with Crippen molar-refractivity contribution in [1.29, 1.82) is 0 Å². The van der Waals surface area contributed by atoms with Gasteiger partial charge in [-0.25, -0.2) is 0 Å². The summed E-state index contributed by atoms with van der Waals surface area (Å²) in [5.41, 5.74) is 8.18. The standard InChI is InChI=1S/C20H32N4O.2ClH/c1-16(21)19-5-3-4-10-24(19)20(25)18-8-6-17(7-9-18)15-23-13-11-22(2)12-14-23;;/h6-9,16,19H,3-5,10-15,21H2,1-2H3;2*1H. The summed E-state index contributed by atoms with van der Waals surface area (Å²) in [6, 6.07) is 8.39. The molecule has 2 aliphatic heterocycles. The van der Waals surface area contributed by atoms with Crippen LogP contribution in [-0.2, 0) is 6.54 Å². The molecule has 1 aromatic rings. The third-order valence-corrected chi connectivity index (χ3v) is 5.62. The van der Waals surface area contributed by atoms with Gasteiger partial charge in [0.1, 0.15) is 0 Å². The first-order valence-electron chi connectivity index (χ1n) is 9.61. The summed E-state index contributed by atoms with van der Waals surface area (Å²) in [5, 5.41) is 0. The maximum atomic E-state index is 12.9. The fourth-order valence-corrected chi connectivity index (χ4v) is 3.94. The SMILES string of the molecule is CC(N)C1CCCCN1C(=O)c1ccc(CN2CCN(C)CC2)cc1.Cl.Cl. The fourth-order valence-electron chi connectivity index (χ4n) is 3.94. The molecule has 2 aliphatic rings. The average molecular weight is 417 g/mol. The zero-order valence-electron chi connectivity index (χ0n) is 16.5. The molecule has 27 heavy (non-hydrogen) atoms. The first-order chi connectivity index (χ1) is 12.0. The Morgan fingerprint density at radius 1 is 1.07 bits per heavy atom. The highest BCUT2D eigenvalue weighted by Crippen LogP contribution is 2.22. The molecule has 0 radical (unpaired) electrons. The van der Waals surface area contributed by atoms with Crippen LogP contribution in [0.2, 0.25) is 0 Å². The number of amides is 1. The van der Waals surface area contributed by atoms with Crippen LogP contribution < -0.4 is 5.73 Å². The van der Waals surface area contributed by atoms with Gasteiger partial charge in [0.2, 0.25) is 0 Å². The lowest BCUT2D eigenvalue weighted by Gasteiger charge is -2.38. The van der Waals surface area contributed by atoms with Gasteiger partial charge in [0.15, 0.2) is 0 Å². The van der Waals surface area contributed by atoms with Gasteiger partial charge in [-0.2, -0.15) is 0 Å². The number of nitrogens with two attached hydrogens (primary N) is 1. The van der Waals surface area contributed by atoms with Crippen molar-refractivity contribution in [3.63, 3.8) is 0 Å². The van der Waals surface area contributed by atoms with E-state index in [0.717, 1.165) is 57.7 Å². The number of piperidine rings is 1. The molecule has 2 unspecified atom stereocenters. The number of hydrogen-bond acceptors (Lipinski definition) is 4. The zero-order valence-corrected chi connectivity index (χ0v) is 18.1. The number of hydrogen-bond donors (Lipinski definition) is 1. The smallest absolute Gasteiger partial charge is 0.254 e. The van der Waals surface area contributed by atoms with Crippen LogP contribution in [0.5, 0.6) is 0 Å². The van der Waals surface area contributed by atoms with Crippen LogP contribution in [-0.4, -0.2) is 72.5 Å². The van der Waals surface area contributed by atoms with E-state index in [1.165, 1.54) is 12.0 Å². The van der Waals surface area contributed by atoms with E-state index in [1.807, 2.05) is 24.0 Å². The number of carbonyl (C=O) groups excluding carboxylic acids is 1. The third-order valence-electron chi connectivity index (χ3n) is 5.62. The maximum absolute atomic E-state index is 12.9. The van der Waals surface area contributed by atoms with Crippen LogP contribution in [0, 0.1) is 0 Å². The monoisotopic (exact) mass is 416 g/mol. The third kappa shape index (κ3) is 6.33. The normalized spacial score (nSPS) is 22.5. The Balaban J connectivity index is 0.00000182. The van der Waals surface area contributed by atoms with Crippen molar-refractivity contribution in [3.05, 3.63) is 35.4 Å². The summed E-state index contributed by atoms with van der Waals surface area (Å²) in [7, 11) is 2.17. The molecule has 0 aromatic heterocycles. The molecular weight excluding hydrogens is 383 g/mol. The molecule has 1 amide bonds. The van der Waals surface area contributed by atoms with Gasteiger partial charge in [-0.3, -0.25) is 9.69 Å². The maximum Gasteiger partial charge on any atom is 0.254 e. The molecule has 1 aromatic carbocycles. The molecule has 0 aliphatic carbocycles. The Kier molecular flexibility index (Phi) is 10.1. The second-order valence-electron chi connectivity index (χ2n) is 7.70. The van der Waals surface area contributed by atoms with E-state index in [4.69, 9.17) is 5.73 Å². The van der Waals surface area contributed by atoms with Crippen molar-refractivity contribution in [1.82, 2.24) is 14.7 Å². The van der Waals surface area contributed by atoms with Gasteiger partial charge >= 0.3 is 0 Å². The Hall–Kier alpha value is -0.850. The summed E-state index contributed by atoms with van der Waals surface area (Å²) in [5.74, 6) is 0.133. The minimum Gasteiger partial charge on any atom is -0.334 e. The molecule has 0 saturated carbocycles. The Morgan fingerprint density at radius 2 is 1.70 bits per heavy atom. The van der Waals surface area contributed by atoms with Gasteiger partial charge in [-0.15, -0.1) is 24.8 Å². The number of rotatable bonds is 4. The Bertz CT molecular complexity index is 574. The first-order valence-corrected chi connectivity index (χ1v) is 9.61. The molecular formula is C20H34Cl2N4O. The van der Waals surface area contributed by atoms with Gasteiger partial charge in [0, 0.05) is 56.9 Å². The topological polar surface area (TPSA) is 52.8 Å². The van der Waals surface area contributed by atoms with E-state index in [1.54, 1.807) is 0 Å². The number of halogens is 2. The van der Waals surface area contributed by atoms with Gasteiger partial charge < -0.3 is 15.5 Å².